The first kappa shape index (κ1) is 12.6. The molecule has 1 unspecified atom stereocenters. The van der Waals surface area contributed by atoms with Crippen molar-refractivity contribution in [3.8, 4) is 0 Å². The van der Waals surface area contributed by atoms with Crippen molar-refractivity contribution in [1.29, 1.82) is 0 Å². The number of rotatable bonds is 2. The minimum Gasteiger partial charge on any atom is -0.476 e. The molecule has 20 heavy (non-hydrogen) atoms. The van der Waals surface area contributed by atoms with Crippen molar-refractivity contribution in [3.05, 3.63) is 47.9 Å². The molecule has 0 amide bonds. The molecule has 5 heteroatoms. The molecule has 1 atom stereocenters. The van der Waals surface area contributed by atoms with Crippen LogP contribution in [0.5, 0.6) is 0 Å². The van der Waals surface area contributed by atoms with E-state index in [0.29, 0.717) is 11.7 Å². The summed E-state index contributed by atoms with van der Waals surface area (Å²) in [6.07, 6.45) is 3.94. The van der Waals surface area contributed by atoms with Gasteiger partial charge in [-0.15, -0.1) is 0 Å². The van der Waals surface area contributed by atoms with E-state index in [1.165, 1.54) is 18.0 Å². The average molecular weight is 269 g/mol. The molecule has 0 saturated heterocycles. The first-order chi connectivity index (χ1) is 9.66. The number of benzene rings is 1. The van der Waals surface area contributed by atoms with E-state index in [0.717, 1.165) is 18.7 Å². The third kappa shape index (κ3) is 2.11. The van der Waals surface area contributed by atoms with E-state index in [4.69, 9.17) is 0 Å². The molecule has 1 aliphatic rings. The lowest BCUT2D eigenvalue weighted by molar-refractivity contribution is 0.0691. The molecular formula is C15H15N3O2. The second-order valence-electron chi connectivity index (χ2n) is 5.08. The van der Waals surface area contributed by atoms with Crippen LogP contribution in [0, 0.1) is 5.92 Å². The Morgan fingerprint density at radius 2 is 2.05 bits per heavy atom. The lowest BCUT2D eigenvalue weighted by Crippen LogP contribution is -2.32. The molecule has 0 saturated carbocycles. The van der Waals surface area contributed by atoms with Gasteiger partial charge in [-0.05, 0) is 24.0 Å². The fraction of sp³-hybridized carbons (Fsp3) is 0.267. The van der Waals surface area contributed by atoms with Crippen LogP contribution in [0.3, 0.4) is 0 Å². The van der Waals surface area contributed by atoms with Crippen LogP contribution in [0.25, 0.3) is 0 Å². The number of aromatic nitrogens is 2. The van der Waals surface area contributed by atoms with Gasteiger partial charge in [0.05, 0.1) is 0 Å². The highest BCUT2D eigenvalue weighted by Crippen LogP contribution is 2.35. The van der Waals surface area contributed by atoms with Crippen molar-refractivity contribution >= 4 is 17.5 Å². The van der Waals surface area contributed by atoms with Crippen molar-refractivity contribution in [2.45, 2.75) is 13.3 Å². The number of hydrogen-bond donors (Lipinski definition) is 1. The highest BCUT2D eigenvalue weighted by molar-refractivity contribution is 5.92. The highest BCUT2D eigenvalue weighted by Gasteiger charge is 2.27. The summed E-state index contributed by atoms with van der Waals surface area (Å²) in [6.45, 7) is 2.90. The summed E-state index contributed by atoms with van der Waals surface area (Å²) in [5.74, 6) is -0.198. The predicted molar refractivity (Wildman–Crippen MR) is 75.3 cm³/mol. The summed E-state index contributed by atoms with van der Waals surface area (Å²) in [7, 11) is 0. The lowest BCUT2D eigenvalue weighted by Gasteiger charge is -2.34. The molecule has 2 aromatic rings. The molecular weight excluding hydrogens is 254 g/mol. The van der Waals surface area contributed by atoms with E-state index in [9.17, 15) is 9.90 Å². The Kier molecular flexibility index (Phi) is 3.10. The number of aromatic carboxylic acids is 1. The third-order valence-electron chi connectivity index (χ3n) is 3.48. The van der Waals surface area contributed by atoms with Gasteiger partial charge in [0, 0.05) is 24.6 Å². The Morgan fingerprint density at radius 1 is 1.30 bits per heavy atom. The minimum absolute atomic E-state index is 0.00333. The average Bonchev–Trinajstić information content (AvgIpc) is 2.46. The molecule has 0 aliphatic carbocycles. The number of hydrogen-bond acceptors (Lipinski definition) is 4. The van der Waals surface area contributed by atoms with E-state index in [-0.39, 0.29) is 5.69 Å². The number of para-hydroxylation sites is 1. The van der Waals surface area contributed by atoms with Crippen LogP contribution in [0.1, 0.15) is 23.0 Å². The van der Waals surface area contributed by atoms with Crippen LogP contribution in [0.2, 0.25) is 0 Å². The molecule has 0 fully saturated rings. The molecule has 3 rings (SSSR count). The van der Waals surface area contributed by atoms with Crippen LogP contribution in [0.4, 0.5) is 11.5 Å². The Bertz CT molecular complexity index is 657. The second-order valence-corrected chi connectivity index (χ2v) is 5.08. The van der Waals surface area contributed by atoms with Gasteiger partial charge in [-0.2, -0.15) is 0 Å². The quantitative estimate of drug-likeness (QED) is 0.907. The largest absolute Gasteiger partial charge is 0.476 e. The normalized spacial score (nSPS) is 17.6. The Hall–Kier alpha value is -2.43. The summed E-state index contributed by atoms with van der Waals surface area (Å²) >= 11 is 0. The van der Waals surface area contributed by atoms with Crippen LogP contribution in [-0.2, 0) is 6.42 Å². The highest BCUT2D eigenvalue weighted by atomic mass is 16.4. The van der Waals surface area contributed by atoms with Gasteiger partial charge in [-0.1, -0.05) is 25.1 Å². The summed E-state index contributed by atoms with van der Waals surface area (Å²) < 4.78 is 0. The van der Waals surface area contributed by atoms with Crippen LogP contribution in [0.15, 0.2) is 36.7 Å². The Morgan fingerprint density at radius 3 is 2.85 bits per heavy atom. The summed E-state index contributed by atoms with van der Waals surface area (Å²) in [4.78, 5) is 21.5. The Labute approximate surface area is 116 Å². The van der Waals surface area contributed by atoms with Crippen molar-refractivity contribution in [2.75, 3.05) is 11.4 Å². The number of carboxylic acid groups (broad SMARTS) is 1. The first-order valence-electron chi connectivity index (χ1n) is 6.56. The maximum Gasteiger partial charge on any atom is 0.358 e. The fourth-order valence-corrected chi connectivity index (χ4v) is 2.68. The zero-order valence-electron chi connectivity index (χ0n) is 11.2. The fourth-order valence-electron chi connectivity index (χ4n) is 2.68. The number of anilines is 2. The van der Waals surface area contributed by atoms with Crippen LogP contribution in [-0.4, -0.2) is 27.6 Å². The van der Waals surface area contributed by atoms with Gasteiger partial charge in [0.1, 0.15) is 0 Å². The van der Waals surface area contributed by atoms with E-state index in [2.05, 4.69) is 23.0 Å². The number of fused-ring (bicyclic) bond motifs is 1. The monoisotopic (exact) mass is 269 g/mol. The van der Waals surface area contributed by atoms with E-state index >= 15 is 0 Å². The zero-order valence-corrected chi connectivity index (χ0v) is 11.2. The SMILES string of the molecule is CC1Cc2ccccc2N(c2nccnc2C(=O)O)C1. The third-order valence-corrected chi connectivity index (χ3v) is 3.48. The minimum atomic E-state index is -1.05. The van der Waals surface area contributed by atoms with Crippen molar-refractivity contribution < 1.29 is 9.90 Å². The topological polar surface area (TPSA) is 66.3 Å². The number of nitrogens with zero attached hydrogens (tertiary/aromatic N) is 3. The molecule has 2 heterocycles. The molecule has 1 N–H and O–H groups in total. The summed E-state index contributed by atoms with van der Waals surface area (Å²) in [5.41, 5.74) is 2.23. The van der Waals surface area contributed by atoms with Gasteiger partial charge in [-0.3, -0.25) is 0 Å². The van der Waals surface area contributed by atoms with Crippen molar-refractivity contribution in [1.82, 2.24) is 9.97 Å². The molecule has 1 aromatic heterocycles. The van der Waals surface area contributed by atoms with Crippen LogP contribution >= 0.6 is 0 Å². The van der Waals surface area contributed by atoms with Crippen molar-refractivity contribution in [2.24, 2.45) is 5.92 Å². The number of carbonyl (C=O) groups is 1. The molecule has 5 nitrogen and oxygen atoms in total. The maximum absolute atomic E-state index is 11.3. The smallest absolute Gasteiger partial charge is 0.358 e. The molecule has 0 radical (unpaired) electrons. The molecule has 102 valence electrons. The standard InChI is InChI=1S/C15H15N3O2/c1-10-8-11-4-2-3-5-12(11)18(9-10)14-13(15(19)20)16-6-7-17-14/h2-7,10H,8-9H2,1H3,(H,19,20). The van der Waals surface area contributed by atoms with Gasteiger partial charge in [0.25, 0.3) is 0 Å². The van der Waals surface area contributed by atoms with Crippen molar-refractivity contribution in [3.63, 3.8) is 0 Å². The predicted octanol–water partition coefficient (Wildman–Crippen LogP) is 2.51. The maximum atomic E-state index is 11.3. The molecule has 1 aliphatic heterocycles. The second kappa shape index (κ2) is 4.92. The number of carboxylic acids is 1. The van der Waals surface area contributed by atoms with Gasteiger partial charge in [0.2, 0.25) is 0 Å². The zero-order chi connectivity index (χ0) is 14.1. The first-order valence-corrected chi connectivity index (χ1v) is 6.56. The van der Waals surface area contributed by atoms with Gasteiger partial charge >= 0.3 is 5.97 Å². The van der Waals surface area contributed by atoms with Gasteiger partial charge in [-0.25, -0.2) is 14.8 Å². The van der Waals surface area contributed by atoms with E-state index in [1.807, 2.05) is 23.1 Å². The van der Waals surface area contributed by atoms with Crippen LogP contribution < -0.4 is 4.90 Å². The summed E-state index contributed by atoms with van der Waals surface area (Å²) in [5, 5.41) is 9.28. The molecule has 0 spiro atoms. The van der Waals surface area contributed by atoms with E-state index < -0.39 is 5.97 Å². The summed E-state index contributed by atoms with van der Waals surface area (Å²) in [6, 6.07) is 8.04. The van der Waals surface area contributed by atoms with Gasteiger partial charge in [0.15, 0.2) is 11.5 Å². The van der Waals surface area contributed by atoms with Gasteiger partial charge < -0.3 is 10.0 Å². The van der Waals surface area contributed by atoms with E-state index in [1.54, 1.807) is 0 Å². The molecule has 1 aromatic carbocycles. The Balaban J connectivity index is 2.13. The molecule has 0 bridgehead atoms. The lowest BCUT2D eigenvalue weighted by atomic mass is 9.94.